The maximum atomic E-state index is 4.10. The number of anilines is 3. The monoisotopic (exact) mass is 627 g/mol. The molecule has 0 aliphatic rings. The van der Waals surface area contributed by atoms with Gasteiger partial charge in [-0.3, -0.25) is 0 Å². The molecule has 0 saturated heterocycles. The first-order valence-electron chi connectivity index (χ1n) is 17.7. The van der Waals surface area contributed by atoms with Gasteiger partial charge in [-0.2, -0.15) is 0 Å². The molecule has 3 heteroatoms. The van der Waals surface area contributed by atoms with E-state index in [9.17, 15) is 0 Å². The van der Waals surface area contributed by atoms with Gasteiger partial charge in [-0.05, 0) is 116 Å². The Morgan fingerprint density at radius 1 is 0.489 bits per heavy atom. The molecule has 0 amide bonds. The molecule has 0 aliphatic heterocycles. The Hall–Kier alpha value is -4.50. The molecule has 0 saturated carbocycles. The highest BCUT2D eigenvalue weighted by molar-refractivity contribution is 5.83. The van der Waals surface area contributed by atoms with Gasteiger partial charge in [0.2, 0.25) is 0 Å². The van der Waals surface area contributed by atoms with Crippen molar-refractivity contribution < 1.29 is 0 Å². The van der Waals surface area contributed by atoms with E-state index in [0.717, 1.165) is 44.5 Å². The second-order valence-electron chi connectivity index (χ2n) is 11.2. The highest BCUT2D eigenvalue weighted by atomic mass is 15.1. The molecule has 47 heavy (non-hydrogen) atoms. The van der Waals surface area contributed by atoms with E-state index in [1.165, 1.54) is 50.1 Å². The first-order valence-corrected chi connectivity index (χ1v) is 17.7. The smallest absolute Gasteiger partial charge is 0.0366 e. The van der Waals surface area contributed by atoms with Gasteiger partial charge in [-0.25, -0.2) is 0 Å². The first kappa shape index (κ1) is 37.0. The van der Waals surface area contributed by atoms with E-state index in [1.54, 1.807) is 0 Å². The van der Waals surface area contributed by atoms with Crippen molar-refractivity contribution in [2.75, 3.05) is 54.0 Å². The molecule has 0 fully saturated rings. The molecule has 0 aliphatic carbocycles. The zero-order valence-corrected chi connectivity index (χ0v) is 30.3. The fourth-order valence-electron chi connectivity index (χ4n) is 5.96. The Labute approximate surface area is 285 Å². The Morgan fingerprint density at radius 3 is 1.17 bits per heavy atom. The van der Waals surface area contributed by atoms with Gasteiger partial charge in [0.15, 0.2) is 0 Å². The topological polar surface area (TPSA) is 9.72 Å². The van der Waals surface area contributed by atoms with Crippen LogP contribution >= 0.6 is 0 Å². The number of allylic oxidation sites excluding steroid dienone is 3. The largest absolute Gasteiger partial charge is 0.372 e. The summed E-state index contributed by atoms with van der Waals surface area (Å²) in [5, 5.41) is 2.19. The fourth-order valence-corrected chi connectivity index (χ4v) is 5.96. The molecule has 0 heterocycles. The summed E-state index contributed by atoms with van der Waals surface area (Å²) in [7, 11) is 0. The maximum Gasteiger partial charge on any atom is 0.0366 e. The van der Waals surface area contributed by atoms with E-state index >= 15 is 0 Å². The Balaban J connectivity index is 0.00000294. The minimum atomic E-state index is 0.997. The van der Waals surface area contributed by atoms with Gasteiger partial charge in [0, 0.05) is 56.3 Å². The van der Waals surface area contributed by atoms with Crippen LogP contribution in [0.15, 0.2) is 115 Å². The molecule has 248 valence electrons. The number of rotatable bonds is 14. The molecule has 0 N–H and O–H groups in total. The SMILES string of the molecule is C=c1ccc(=C(C=CC=C(c2ccc(N(CC)CC)cc2)c2ccc(N(CC)CC)cc2)c2ccc(N(CC)CC)cc2)cc1.CC. The molecule has 0 spiro atoms. The average molecular weight is 628 g/mol. The van der Waals surface area contributed by atoms with Crippen LogP contribution in [0.4, 0.5) is 17.1 Å². The number of hydrogen-bond acceptors (Lipinski definition) is 3. The van der Waals surface area contributed by atoms with Crippen molar-refractivity contribution in [3.05, 3.63) is 142 Å². The van der Waals surface area contributed by atoms with Crippen molar-refractivity contribution >= 4 is 34.8 Å². The molecule has 0 aromatic heterocycles. The minimum absolute atomic E-state index is 0.997. The van der Waals surface area contributed by atoms with Crippen LogP contribution in [0, 0.1) is 0 Å². The van der Waals surface area contributed by atoms with Crippen molar-refractivity contribution in [1.29, 1.82) is 0 Å². The summed E-state index contributed by atoms with van der Waals surface area (Å²) < 4.78 is 0. The molecule has 0 radical (unpaired) electrons. The summed E-state index contributed by atoms with van der Waals surface area (Å²) in [6.45, 7) is 27.3. The normalized spacial score (nSPS) is 10.6. The summed E-state index contributed by atoms with van der Waals surface area (Å²) in [4.78, 5) is 7.15. The number of hydrogen-bond donors (Lipinski definition) is 0. The zero-order chi connectivity index (χ0) is 34.2. The third kappa shape index (κ3) is 9.75. The van der Waals surface area contributed by atoms with Gasteiger partial charge in [0.25, 0.3) is 0 Å². The van der Waals surface area contributed by atoms with Crippen LogP contribution in [0.5, 0.6) is 0 Å². The molecular formula is C44H57N3. The summed E-state index contributed by atoms with van der Waals surface area (Å²) >= 11 is 0. The highest BCUT2D eigenvalue weighted by Gasteiger charge is 2.09. The number of nitrogens with zero attached hydrogens (tertiary/aromatic N) is 3. The van der Waals surface area contributed by atoms with E-state index in [2.05, 4.69) is 178 Å². The van der Waals surface area contributed by atoms with Crippen molar-refractivity contribution in [2.24, 2.45) is 0 Å². The van der Waals surface area contributed by atoms with Crippen molar-refractivity contribution in [3.63, 3.8) is 0 Å². The predicted octanol–water partition coefficient (Wildman–Crippen LogP) is 9.55. The van der Waals surface area contributed by atoms with Crippen LogP contribution in [0.2, 0.25) is 0 Å². The van der Waals surface area contributed by atoms with Gasteiger partial charge in [0.05, 0.1) is 0 Å². The van der Waals surface area contributed by atoms with Gasteiger partial charge < -0.3 is 14.7 Å². The molecule has 0 atom stereocenters. The first-order chi connectivity index (χ1) is 23.0. The molecule has 4 rings (SSSR count). The third-order valence-electron chi connectivity index (χ3n) is 8.71. The second-order valence-corrected chi connectivity index (χ2v) is 11.2. The lowest BCUT2D eigenvalue weighted by Gasteiger charge is -2.22. The summed E-state index contributed by atoms with van der Waals surface area (Å²) in [5.74, 6) is 0. The quantitative estimate of drug-likeness (QED) is 0.129. The van der Waals surface area contributed by atoms with Crippen LogP contribution in [-0.2, 0) is 0 Å². The van der Waals surface area contributed by atoms with Gasteiger partial charge >= 0.3 is 0 Å². The Morgan fingerprint density at radius 2 is 0.830 bits per heavy atom. The fraction of sp³-hybridized carbons (Fsp3) is 0.318. The third-order valence-corrected chi connectivity index (χ3v) is 8.71. The minimum Gasteiger partial charge on any atom is -0.372 e. The van der Waals surface area contributed by atoms with Gasteiger partial charge in [-0.1, -0.05) is 99.3 Å². The van der Waals surface area contributed by atoms with Gasteiger partial charge in [-0.15, -0.1) is 0 Å². The van der Waals surface area contributed by atoms with E-state index in [0.29, 0.717) is 0 Å². The van der Waals surface area contributed by atoms with Crippen LogP contribution < -0.4 is 25.1 Å². The average Bonchev–Trinajstić information content (AvgIpc) is 3.13. The lowest BCUT2D eigenvalue weighted by Crippen LogP contribution is -2.21. The van der Waals surface area contributed by atoms with E-state index in [4.69, 9.17) is 0 Å². The molecule has 4 aromatic rings. The standard InChI is InChI=1S/C42H51N3.C2H6/c1-8-43(9-2)38-27-21-35(22-28-38)41(34-19-17-33(7)18-20-34)15-14-16-42(36-23-29-39(30-24-36)44(10-3)11-4)37-25-31-40(32-26-37)45(12-5)13-6;1-2/h14-32H,7-13H2,1-6H3;1-2H3. The van der Waals surface area contributed by atoms with Crippen LogP contribution in [0.3, 0.4) is 0 Å². The Bertz CT molecular complexity index is 1570. The predicted molar refractivity (Wildman–Crippen MR) is 211 cm³/mol. The Kier molecular flexibility index (Phi) is 15.1. The second kappa shape index (κ2) is 19.2. The molecule has 3 nitrogen and oxygen atoms in total. The lowest BCUT2D eigenvalue weighted by atomic mass is 9.96. The van der Waals surface area contributed by atoms with E-state index in [1.807, 2.05) is 13.8 Å². The van der Waals surface area contributed by atoms with E-state index in [-0.39, 0.29) is 0 Å². The summed E-state index contributed by atoms with van der Waals surface area (Å²) in [5.41, 5.74) is 9.76. The zero-order valence-electron chi connectivity index (χ0n) is 30.3. The summed E-state index contributed by atoms with van der Waals surface area (Å²) in [6.07, 6.45) is 6.72. The van der Waals surface area contributed by atoms with Crippen molar-refractivity contribution in [1.82, 2.24) is 0 Å². The van der Waals surface area contributed by atoms with Crippen LogP contribution in [-0.4, -0.2) is 39.3 Å². The van der Waals surface area contributed by atoms with Crippen LogP contribution in [0.25, 0.3) is 17.7 Å². The van der Waals surface area contributed by atoms with Crippen LogP contribution in [0.1, 0.15) is 72.1 Å². The van der Waals surface area contributed by atoms with Crippen molar-refractivity contribution in [2.45, 2.75) is 55.4 Å². The molecule has 0 bridgehead atoms. The van der Waals surface area contributed by atoms with Gasteiger partial charge in [0.1, 0.15) is 0 Å². The molecule has 0 unspecified atom stereocenters. The molecule has 4 aromatic carbocycles. The number of benzene rings is 4. The lowest BCUT2D eigenvalue weighted by molar-refractivity contribution is 0.866. The van der Waals surface area contributed by atoms with Crippen molar-refractivity contribution in [3.8, 4) is 0 Å². The summed E-state index contributed by atoms with van der Waals surface area (Å²) in [6, 6.07) is 35.5. The molecular weight excluding hydrogens is 571 g/mol. The highest BCUT2D eigenvalue weighted by Crippen LogP contribution is 2.28. The maximum absolute atomic E-state index is 4.10. The van der Waals surface area contributed by atoms with E-state index < -0.39 is 0 Å².